The molecular formula is C23H24O3. The van der Waals surface area contributed by atoms with Gasteiger partial charge in [-0.05, 0) is 44.4 Å². The molecule has 0 aliphatic carbocycles. The van der Waals surface area contributed by atoms with Crippen LogP contribution in [0.3, 0.4) is 0 Å². The molecule has 0 fully saturated rings. The molecule has 134 valence electrons. The van der Waals surface area contributed by atoms with Gasteiger partial charge >= 0.3 is 5.97 Å². The van der Waals surface area contributed by atoms with Gasteiger partial charge in [-0.25, -0.2) is 4.79 Å². The van der Waals surface area contributed by atoms with E-state index in [1.165, 1.54) is 16.7 Å². The molecule has 1 aromatic heterocycles. The van der Waals surface area contributed by atoms with Crippen molar-refractivity contribution in [3.8, 4) is 11.1 Å². The minimum Gasteiger partial charge on any atom is -0.460 e. The van der Waals surface area contributed by atoms with E-state index in [2.05, 4.69) is 32.0 Å². The first-order valence-electron chi connectivity index (χ1n) is 8.92. The van der Waals surface area contributed by atoms with Crippen LogP contribution in [0.15, 0.2) is 52.9 Å². The van der Waals surface area contributed by atoms with Crippen LogP contribution in [0.2, 0.25) is 0 Å². The maximum Gasteiger partial charge on any atom is 0.374 e. The summed E-state index contributed by atoms with van der Waals surface area (Å²) in [6.07, 6.45) is 0.715. The molecular weight excluding hydrogens is 324 g/mol. The van der Waals surface area contributed by atoms with Gasteiger partial charge in [-0.1, -0.05) is 54.1 Å². The zero-order valence-corrected chi connectivity index (χ0v) is 15.8. The molecule has 26 heavy (non-hydrogen) atoms. The van der Waals surface area contributed by atoms with Crippen molar-refractivity contribution in [1.29, 1.82) is 0 Å². The van der Waals surface area contributed by atoms with E-state index in [0.717, 1.165) is 22.5 Å². The Balaban J connectivity index is 2.15. The summed E-state index contributed by atoms with van der Waals surface area (Å²) in [4.78, 5) is 12.5. The standard InChI is InChI=1S/C23H24O3/c1-5-25-23(24)22-21(18-9-7-6-8-10-18)20(17(4)26-22)14-19-13-15(2)11-12-16(19)3/h6-13H,5,14H2,1-4H3. The van der Waals surface area contributed by atoms with Gasteiger partial charge in [0.05, 0.1) is 6.61 Å². The minimum atomic E-state index is -0.415. The van der Waals surface area contributed by atoms with Gasteiger partial charge in [-0.3, -0.25) is 0 Å². The predicted octanol–water partition coefficient (Wildman–Crippen LogP) is 5.64. The third-order valence-electron chi connectivity index (χ3n) is 4.60. The molecule has 0 bridgehead atoms. The van der Waals surface area contributed by atoms with Crippen molar-refractivity contribution in [2.24, 2.45) is 0 Å². The number of furan rings is 1. The molecule has 0 spiro atoms. The Bertz CT molecular complexity index is 920. The molecule has 3 aromatic rings. The van der Waals surface area contributed by atoms with E-state index in [9.17, 15) is 4.79 Å². The van der Waals surface area contributed by atoms with Crippen LogP contribution in [-0.2, 0) is 11.2 Å². The molecule has 0 aliphatic rings. The highest BCUT2D eigenvalue weighted by molar-refractivity contribution is 5.96. The van der Waals surface area contributed by atoms with Gasteiger partial charge in [-0.15, -0.1) is 0 Å². The lowest BCUT2D eigenvalue weighted by molar-refractivity contribution is 0.0490. The summed E-state index contributed by atoms with van der Waals surface area (Å²) in [5.41, 5.74) is 6.52. The Morgan fingerprint density at radius 3 is 2.46 bits per heavy atom. The number of aryl methyl sites for hydroxylation is 3. The zero-order chi connectivity index (χ0) is 18.7. The smallest absolute Gasteiger partial charge is 0.374 e. The number of carbonyl (C=O) groups is 1. The van der Waals surface area contributed by atoms with E-state index < -0.39 is 5.97 Å². The number of esters is 1. The fraction of sp³-hybridized carbons (Fsp3) is 0.261. The Hall–Kier alpha value is -2.81. The predicted molar refractivity (Wildman–Crippen MR) is 104 cm³/mol. The van der Waals surface area contributed by atoms with Crippen LogP contribution in [0.25, 0.3) is 11.1 Å². The molecule has 2 aromatic carbocycles. The quantitative estimate of drug-likeness (QED) is 0.560. The molecule has 0 saturated heterocycles. The molecule has 3 nitrogen and oxygen atoms in total. The maximum atomic E-state index is 12.5. The Morgan fingerprint density at radius 2 is 1.77 bits per heavy atom. The van der Waals surface area contributed by atoms with Crippen LogP contribution >= 0.6 is 0 Å². The Kier molecular flexibility index (Phi) is 5.27. The molecule has 0 radical (unpaired) electrons. The SMILES string of the molecule is CCOC(=O)c1oc(C)c(Cc2cc(C)ccc2C)c1-c1ccccc1. The molecule has 0 atom stereocenters. The fourth-order valence-electron chi connectivity index (χ4n) is 3.22. The molecule has 1 heterocycles. The molecule has 3 rings (SSSR count). The lowest BCUT2D eigenvalue weighted by atomic mass is 9.93. The monoisotopic (exact) mass is 348 g/mol. The third-order valence-corrected chi connectivity index (χ3v) is 4.60. The second-order valence-electron chi connectivity index (χ2n) is 6.53. The topological polar surface area (TPSA) is 39.4 Å². The van der Waals surface area contributed by atoms with Crippen molar-refractivity contribution in [1.82, 2.24) is 0 Å². The van der Waals surface area contributed by atoms with Crippen LogP contribution in [0.1, 0.15) is 45.5 Å². The average molecular weight is 348 g/mol. The summed E-state index contributed by atoms with van der Waals surface area (Å²) >= 11 is 0. The molecule has 0 unspecified atom stereocenters. The van der Waals surface area contributed by atoms with Gasteiger partial charge < -0.3 is 9.15 Å². The molecule has 0 saturated carbocycles. The second-order valence-corrected chi connectivity index (χ2v) is 6.53. The third kappa shape index (κ3) is 3.57. The minimum absolute atomic E-state index is 0.288. The normalized spacial score (nSPS) is 10.8. The zero-order valence-electron chi connectivity index (χ0n) is 15.8. The van der Waals surface area contributed by atoms with E-state index in [-0.39, 0.29) is 5.76 Å². The first-order valence-corrected chi connectivity index (χ1v) is 8.92. The highest BCUT2D eigenvalue weighted by Gasteiger charge is 2.25. The second kappa shape index (κ2) is 7.61. The highest BCUT2D eigenvalue weighted by Crippen LogP contribution is 2.35. The summed E-state index contributed by atoms with van der Waals surface area (Å²) < 4.78 is 11.1. The van der Waals surface area contributed by atoms with E-state index in [1.54, 1.807) is 6.92 Å². The van der Waals surface area contributed by atoms with Crippen LogP contribution in [0.4, 0.5) is 0 Å². The summed E-state index contributed by atoms with van der Waals surface area (Å²) in [7, 11) is 0. The number of hydrogen-bond acceptors (Lipinski definition) is 3. The summed E-state index contributed by atoms with van der Waals surface area (Å²) in [5.74, 6) is 0.630. The average Bonchev–Trinajstić information content (AvgIpc) is 2.96. The van der Waals surface area contributed by atoms with Crippen molar-refractivity contribution < 1.29 is 13.9 Å². The van der Waals surface area contributed by atoms with Crippen molar-refractivity contribution in [3.05, 3.63) is 82.3 Å². The van der Waals surface area contributed by atoms with Crippen LogP contribution in [0, 0.1) is 20.8 Å². The number of ether oxygens (including phenoxy) is 1. The van der Waals surface area contributed by atoms with Crippen LogP contribution in [0.5, 0.6) is 0 Å². The van der Waals surface area contributed by atoms with E-state index in [4.69, 9.17) is 9.15 Å². The van der Waals surface area contributed by atoms with Gasteiger partial charge in [0.2, 0.25) is 5.76 Å². The van der Waals surface area contributed by atoms with Crippen molar-refractivity contribution in [2.75, 3.05) is 6.61 Å². The van der Waals surface area contributed by atoms with Gasteiger partial charge in [-0.2, -0.15) is 0 Å². The van der Waals surface area contributed by atoms with Gasteiger partial charge in [0.15, 0.2) is 0 Å². The fourth-order valence-corrected chi connectivity index (χ4v) is 3.22. The van der Waals surface area contributed by atoms with E-state index in [0.29, 0.717) is 13.0 Å². The van der Waals surface area contributed by atoms with E-state index in [1.807, 2.05) is 37.3 Å². The van der Waals surface area contributed by atoms with Crippen molar-refractivity contribution in [3.63, 3.8) is 0 Å². The molecule has 0 amide bonds. The molecule has 0 N–H and O–H groups in total. The maximum absolute atomic E-state index is 12.5. The summed E-state index contributed by atoms with van der Waals surface area (Å²) in [6, 6.07) is 16.3. The number of benzene rings is 2. The van der Waals surface area contributed by atoms with Crippen LogP contribution < -0.4 is 0 Å². The highest BCUT2D eigenvalue weighted by atomic mass is 16.5. The van der Waals surface area contributed by atoms with Gasteiger partial charge in [0, 0.05) is 17.5 Å². The Morgan fingerprint density at radius 1 is 1.04 bits per heavy atom. The lowest BCUT2D eigenvalue weighted by Crippen LogP contribution is -2.05. The Labute approximate surface area is 154 Å². The van der Waals surface area contributed by atoms with Crippen LogP contribution in [-0.4, -0.2) is 12.6 Å². The lowest BCUT2D eigenvalue weighted by Gasteiger charge is -2.10. The first kappa shape index (κ1) is 18.0. The number of hydrogen-bond donors (Lipinski definition) is 0. The van der Waals surface area contributed by atoms with Gasteiger partial charge in [0.25, 0.3) is 0 Å². The molecule has 0 aliphatic heterocycles. The molecule has 3 heteroatoms. The summed E-state index contributed by atoms with van der Waals surface area (Å²) in [6.45, 7) is 8.23. The van der Waals surface area contributed by atoms with Crippen molar-refractivity contribution in [2.45, 2.75) is 34.1 Å². The largest absolute Gasteiger partial charge is 0.460 e. The number of carbonyl (C=O) groups excluding carboxylic acids is 1. The van der Waals surface area contributed by atoms with Gasteiger partial charge in [0.1, 0.15) is 5.76 Å². The first-order chi connectivity index (χ1) is 12.5. The van der Waals surface area contributed by atoms with Crippen molar-refractivity contribution >= 4 is 5.97 Å². The van der Waals surface area contributed by atoms with E-state index >= 15 is 0 Å². The number of rotatable bonds is 5. The summed E-state index contributed by atoms with van der Waals surface area (Å²) in [5, 5.41) is 0.